The van der Waals surface area contributed by atoms with Crippen LogP contribution in [0.25, 0.3) is 0 Å². The molecule has 1 heterocycles. The van der Waals surface area contributed by atoms with E-state index in [9.17, 15) is 9.59 Å². The number of benzene rings is 1. The van der Waals surface area contributed by atoms with Gasteiger partial charge in [-0.25, -0.2) is 0 Å². The van der Waals surface area contributed by atoms with E-state index in [1.165, 1.54) is 0 Å². The van der Waals surface area contributed by atoms with Crippen LogP contribution in [0.3, 0.4) is 0 Å². The maximum atomic E-state index is 12.1. The molecule has 24 heavy (non-hydrogen) atoms. The van der Waals surface area contributed by atoms with Gasteiger partial charge < -0.3 is 15.2 Å². The minimum Gasteiger partial charge on any atom is -0.361 e. The number of carbonyl (C=O) groups is 2. The molecule has 0 saturated heterocycles. The fraction of sp³-hybridized carbons (Fsp3) is 0.353. The van der Waals surface area contributed by atoms with Crippen molar-refractivity contribution in [2.45, 2.75) is 33.1 Å². The summed E-state index contributed by atoms with van der Waals surface area (Å²) in [6.45, 7) is 4.02. The third-order valence-corrected chi connectivity index (χ3v) is 3.74. The Morgan fingerprint density at radius 3 is 2.62 bits per heavy atom. The summed E-state index contributed by atoms with van der Waals surface area (Å²) in [7, 11) is 0. The summed E-state index contributed by atoms with van der Waals surface area (Å²) in [5.74, 6) is 0.176. The second-order valence-electron chi connectivity index (χ2n) is 5.33. The number of halogens is 1. The van der Waals surface area contributed by atoms with Crippen molar-refractivity contribution in [3.05, 3.63) is 46.3 Å². The Bertz CT molecular complexity index is 710. The number of hydrogen-bond acceptors (Lipinski definition) is 4. The Morgan fingerprint density at radius 2 is 1.96 bits per heavy atom. The van der Waals surface area contributed by atoms with Crippen LogP contribution in [0.1, 0.15) is 41.6 Å². The van der Waals surface area contributed by atoms with Gasteiger partial charge in [0.25, 0.3) is 5.91 Å². The number of aromatic nitrogens is 1. The van der Waals surface area contributed by atoms with E-state index in [0.29, 0.717) is 53.5 Å². The smallest absolute Gasteiger partial charge is 0.256 e. The van der Waals surface area contributed by atoms with Crippen LogP contribution in [0.4, 0.5) is 5.69 Å². The molecule has 0 unspecified atom stereocenters. The first kappa shape index (κ1) is 18.0. The van der Waals surface area contributed by atoms with Gasteiger partial charge in [0.1, 0.15) is 11.3 Å². The Hall–Kier alpha value is -2.34. The first-order valence-corrected chi connectivity index (χ1v) is 8.17. The summed E-state index contributed by atoms with van der Waals surface area (Å²) in [5.41, 5.74) is 1.83. The molecule has 0 spiro atoms. The lowest BCUT2D eigenvalue weighted by molar-refractivity contribution is -0.116. The quantitative estimate of drug-likeness (QED) is 0.751. The molecular formula is C17H20ClN3O3. The largest absolute Gasteiger partial charge is 0.361 e. The van der Waals surface area contributed by atoms with Crippen LogP contribution in [0.15, 0.2) is 28.8 Å². The number of rotatable bonds is 7. The molecule has 1 aromatic carbocycles. The van der Waals surface area contributed by atoms with Gasteiger partial charge in [-0.05, 0) is 44.0 Å². The zero-order chi connectivity index (χ0) is 17.5. The third-order valence-electron chi connectivity index (χ3n) is 3.49. The molecule has 0 bridgehead atoms. The van der Waals surface area contributed by atoms with E-state index < -0.39 is 0 Å². The van der Waals surface area contributed by atoms with Crippen molar-refractivity contribution in [2.24, 2.45) is 0 Å². The predicted octanol–water partition coefficient (Wildman–Crippen LogP) is 3.35. The van der Waals surface area contributed by atoms with Crippen LogP contribution in [0.5, 0.6) is 0 Å². The molecule has 0 aliphatic carbocycles. The molecule has 0 aliphatic heterocycles. The van der Waals surface area contributed by atoms with Crippen molar-refractivity contribution >= 4 is 29.1 Å². The lowest BCUT2D eigenvalue weighted by Crippen LogP contribution is -2.26. The van der Waals surface area contributed by atoms with Gasteiger partial charge in [0, 0.05) is 23.7 Å². The fourth-order valence-corrected chi connectivity index (χ4v) is 2.37. The molecule has 0 radical (unpaired) electrons. The summed E-state index contributed by atoms with van der Waals surface area (Å²) in [6.07, 6.45) is 1.48. The van der Waals surface area contributed by atoms with E-state index >= 15 is 0 Å². The van der Waals surface area contributed by atoms with Gasteiger partial charge in [-0.3, -0.25) is 9.59 Å². The van der Waals surface area contributed by atoms with Crippen LogP contribution in [0.2, 0.25) is 5.02 Å². The molecule has 2 N–H and O–H groups in total. The van der Waals surface area contributed by atoms with Gasteiger partial charge in [-0.2, -0.15) is 0 Å². The van der Waals surface area contributed by atoms with Crippen molar-refractivity contribution in [1.82, 2.24) is 10.5 Å². The summed E-state index contributed by atoms with van der Waals surface area (Å²) >= 11 is 5.79. The van der Waals surface area contributed by atoms with Gasteiger partial charge in [-0.15, -0.1) is 0 Å². The highest BCUT2D eigenvalue weighted by atomic mass is 35.5. The number of anilines is 1. The molecule has 2 amide bonds. The van der Waals surface area contributed by atoms with Crippen LogP contribution < -0.4 is 10.6 Å². The van der Waals surface area contributed by atoms with Gasteiger partial charge in [0.15, 0.2) is 0 Å². The highest BCUT2D eigenvalue weighted by molar-refractivity contribution is 6.30. The minimum atomic E-state index is -0.219. The van der Waals surface area contributed by atoms with E-state index in [4.69, 9.17) is 16.1 Å². The maximum absolute atomic E-state index is 12.1. The summed E-state index contributed by atoms with van der Waals surface area (Å²) in [6, 6.07) is 6.90. The highest BCUT2D eigenvalue weighted by Crippen LogP contribution is 2.14. The molecule has 6 nitrogen and oxygen atoms in total. The Morgan fingerprint density at radius 1 is 1.25 bits per heavy atom. The van der Waals surface area contributed by atoms with Gasteiger partial charge >= 0.3 is 0 Å². The molecule has 7 heteroatoms. The topological polar surface area (TPSA) is 84.2 Å². The van der Waals surface area contributed by atoms with Crippen LogP contribution in [0, 0.1) is 6.92 Å². The molecule has 0 atom stereocenters. The van der Waals surface area contributed by atoms with E-state index in [0.717, 1.165) is 0 Å². The van der Waals surface area contributed by atoms with Crippen molar-refractivity contribution in [3.63, 3.8) is 0 Å². The SMILES string of the molecule is CCc1noc(C)c1C(=O)NCCCC(=O)Nc1ccc(Cl)cc1. The number of nitrogens with one attached hydrogen (secondary N) is 2. The second-order valence-corrected chi connectivity index (χ2v) is 5.76. The van der Waals surface area contributed by atoms with Crippen molar-refractivity contribution < 1.29 is 14.1 Å². The van der Waals surface area contributed by atoms with Gasteiger partial charge in [-0.1, -0.05) is 23.7 Å². The number of aryl methyl sites for hydroxylation is 2. The zero-order valence-electron chi connectivity index (χ0n) is 13.7. The number of carbonyl (C=O) groups excluding carboxylic acids is 2. The van der Waals surface area contributed by atoms with Crippen molar-refractivity contribution in [2.75, 3.05) is 11.9 Å². The van der Waals surface area contributed by atoms with Gasteiger partial charge in [0.05, 0.1) is 5.69 Å². The van der Waals surface area contributed by atoms with Crippen molar-refractivity contribution in [3.8, 4) is 0 Å². The lowest BCUT2D eigenvalue weighted by Gasteiger charge is -2.07. The van der Waals surface area contributed by atoms with E-state index in [1.54, 1.807) is 31.2 Å². The standard InChI is InChI=1S/C17H20ClN3O3/c1-3-14-16(11(2)24-21-14)17(23)19-10-4-5-15(22)20-13-8-6-12(18)7-9-13/h6-9H,3-5,10H2,1-2H3,(H,19,23)(H,20,22). The number of nitrogens with zero attached hydrogens (tertiary/aromatic N) is 1. The third kappa shape index (κ3) is 4.83. The number of hydrogen-bond donors (Lipinski definition) is 2. The van der Waals surface area contributed by atoms with Crippen LogP contribution >= 0.6 is 11.6 Å². The summed E-state index contributed by atoms with van der Waals surface area (Å²) < 4.78 is 5.04. The van der Waals surface area contributed by atoms with E-state index in [2.05, 4.69) is 15.8 Å². The van der Waals surface area contributed by atoms with Crippen LogP contribution in [-0.2, 0) is 11.2 Å². The Labute approximate surface area is 145 Å². The molecule has 0 saturated carbocycles. The van der Waals surface area contributed by atoms with Gasteiger partial charge in [0.2, 0.25) is 5.91 Å². The fourth-order valence-electron chi connectivity index (χ4n) is 2.25. The predicted molar refractivity (Wildman–Crippen MR) is 92.3 cm³/mol. The Balaban J connectivity index is 1.74. The molecule has 0 aliphatic rings. The Kier molecular flexibility index (Phi) is 6.37. The average Bonchev–Trinajstić information content (AvgIpc) is 2.94. The first-order chi connectivity index (χ1) is 11.5. The first-order valence-electron chi connectivity index (χ1n) is 7.80. The highest BCUT2D eigenvalue weighted by Gasteiger charge is 2.18. The maximum Gasteiger partial charge on any atom is 0.256 e. The van der Waals surface area contributed by atoms with E-state index in [-0.39, 0.29) is 11.8 Å². The monoisotopic (exact) mass is 349 g/mol. The molecule has 0 fully saturated rings. The molecule has 1 aromatic heterocycles. The molecule has 2 rings (SSSR count). The minimum absolute atomic E-state index is 0.109. The molecule has 2 aromatic rings. The van der Waals surface area contributed by atoms with Crippen LogP contribution in [-0.4, -0.2) is 23.5 Å². The molecular weight excluding hydrogens is 330 g/mol. The summed E-state index contributed by atoms with van der Waals surface area (Å²) in [5, 5.41) is 10.0. The molecule has 128 valence electrons. The average molecular weight is 350 g/mol. The lowest BCUT2D eigenvalue weighted by atomic mass is 10.1. The zero-order valence-corrected chi connectivity index (χ0v) is 14.4. The summed E-state index contributed by atoms with van der Waals surface area (Å²) in [4.78, 5) is 24.0. The van der Waals surface area contributed by atoms with Crippen molar-refractivity contribution in [1.29, 1.82) is 0 Å². The normalized spacial score (nSPS) is 10.5. The number of amides is 2. The van der Waals surface area contributed by atoms with E-state index in [1.807, 2.05) is 6.92 Å². The second kappa shape index (κ2) is 8.49.